The van der Waals surface area contributed by atoms with Crippen LogP contribution in [0.1, 0.15) is 106 Å². The van der Waals surface area contributed by atoms with Crippen molar-refractivity contribution >= 4 is 11.9 Å². The number of methoxy groups -OCH3 is 1. The number of esters is 2. The molecule has 14 nitrogen and oxygen atoms in total. The summed E-state index contributed by atoms with van der Waals surface area (Å²) in [6.45, 7) is 12.8. The van der Waals surface area contributed by atoms with Gasteiger partial charge < -0.3 is 59.4 Å². The van der Waals surface area contributed by atoms with Gasteiger partial charge in [-0.25, -0.2) is 0 Å². The first-order valence-electron chi connectivity index (χ1n) is 20.8. The molecule has 6 fully saturated rings. The predicted octanol–water partition coefficient (Wildman–Crippen LogP) is 2.11. The molecule has 0 aromatic rings. The number of fused-ring (bicyclic) bond motifs is 7. The van der Waals surface area contributed by atoms with Crippen LogP contribution in [0.15, 0.2) is 11.6 Å². The number of aliphatic hydroxyl groups excluding tert-OH is 7. The molecule has 5 aliphatic carbocycles. The van der Waals surface area contributed by atoms with Gasteiger partial charge in [0.15, 0.2) is 6.29 Å². The maximum atomic E-state index is 14.7. The summed E-state index contributed by atoms with van der Waals surface area (Å²) in [6.07, 6.45) is -4.05. The summed E-state index contributed by atoms with van der Waals surface area (Å²) < 4.78 is 29.0. The average molecular weight is 795 g/mol. The van der Waals surface area contributed by atoms with Gasteiger partial charge in [0.1, 0.15) is 42.7 Å². The third-order valence-corrected chi connectivity index (χ3v) is 17.3. The lowest BCUT2D eigenvalue weighted by Crippen LogP contribution is -2.66. The molecule has 0 spiro atoms. The summed E-state index contributed by atoms with van der Waals surface area (Å²) in [7, 11) is 1.39. The zero-order chi connectivity index (χ0) is 41.0. The van der Waals surface area contributed by atoms with E-state index in [9.17, 15) is 45.3 Å². The molecule has 0 unspecified atom stereocenters. The average Bonchev–Trinajstić information content (AvgIpc) is 3.15. The minimum Gasteiger partial charge on any atom is -0.469 e. The van der Waals surface area contributed by atoms with Gasteiger partial charge >= 0.3 is 11.9 Å². The zero-order valence-electron chi connectivity index (χ0n) is 34.1. The number of allylic oxidation sites excluding steroid dienone is 2. The predicted molar refractivity (Wildman–Crippen MR) is 198 cm³/mol. The van der Waals surface area contributed by atoms with Crippen molar-refractivity contribution in [2.45, 2.75) is 167 Å². The number of carbonyl (C=O) groups excluding carboxylic acids is 2. The van der Waals surface area contributed by atoms with Crippen LogP contribution in [0.3, 0.4) is 0 Å². The highest BCUT2D eigenvalue weighted by Gasteiger charge is 2.70. The van der Waals surface area contributed by atoms with Crippen LogP contribution in [0.4, 0.5) is 0 Å². The normalized spacial score (nSPS) is 52.6. The third-order valence-electron chi connectivity index (χ3n) is 17.3. The molecule has 2 heterocycles. The van der Waals surface area contributed by atoms with Crippen LogP contribution in [-0.4, -0.2) is 129 Å². The van der Waals surface area contributed by atoms with Gasteiger partial charge in [-0.15, -0.1) is 0 Å². The highest BCUT2D eigenvalue weighted by molar-refractivity contribution is 5.81. The van der Waals surface area contributed by atoms with Crippen LogP contribution in [0.25, 0.3) is 0 Å². The Balaban J connectivity index is 1.19. The van der Waals surface area contributed by atoms with Crippen molar-refractivity contribution in [1.82, 2.24) is 0 Å². The molecular formula is C42H66O14. The van der Waals surface area contributed by atoms with Gasteiger partial charge in [-0.05, 0) is 111 Å². The largest absolute Gasteiger partial charge is 0.469 e. The maximum Gasteiger partial charge on any atom is 0.315 e. The van der Waals surface area contributed by atoms with Crippen LogP contribution < -0.4 is 0 Å². The van der Waals surface area contributed by atoms with Crippen molar-refractivity contribution in [1.29, 1.82) is 0 Å². The number of hydrogen-bond donors (Lipinski definition) is 7. The van der Waals surface area contributed by atoms with Crippen molar-refractivity contribution < 1.29 is 69.0 Å². The molecule has 7 aliphatic rings. The minimum atomic E-state index is -1.72. The summed E-state index contributed by atoms with van der Waals surface area (Å²) in [5.41, 5.74) is -1.61. The minimum absolute atomic E-state index is 0.0766. The van der Waals surface area contributed by atoms with Gasteiger partial charge in [-0.2, -0.15) is 0 Å². The first-order chi connectivity index (χ1) is 26.1. The topological polar surface area (TPSA) is 222 Å². The summed E-state index contributed by atoms with van der Waals surface area (Å²) in [5.74, 6) is -0.724. The molecule has 0 radical (unpaired) electrons. The molecule has 4 saturated carbocycles. The number of aliphatic hydroxyl groups is 7. The third kappa shape index (κ3) is 6.09. The fourth-order valence-electron chi connectivity index (χ4n) is 13.5. The van der Waals surface area contributed by atoms with E-state index in [1.54, 1.807) is 0 Å². The monoisotopic (exact) mass is 794 g/mol. The molecule has 2 aliphatic heterocycles. The number of ether oxygens (including phenoxy) is 5. The Morgan fingerprint density at radius 3 is 2.14 bits per heavy atom. The number of rotatable bonds is 6. The summed E-state index contributed by atoms with van der Waals surface area (Å²) in [4.78, 5) is 28.0. The van der Waals surface area contributed by atoms with Crippen molar-refractivity contribution in [2.24, 2.45) is 50.2 Å². The Kier molecular flexibility index (Phi) is 11.0. The molecule has 0 aromatic heterocycles. The molecule has 2 saturated heterocycles. The molecular weight excluding hydrogens is 728 g/mol. The fourth-order valence-corrected chi connectivity index (χ4v) is 13.5. The smallest absolute Gasteiger partial charge is 0.315 e. The molecule has 0 aromatic carbocycles. The van der Waals surface area contributed by atoms with Crippen molar-refractivity contribution in [3.05, 3.63) is 11.6 Å². The molecule has 7 rings (SSSR count). The number of carbonyl (C=O) groups is 2. The molecule has 56 heavy (non-hydrogen) atoms. The highest BCUT2D eigenvalue weighted by atomic mass is 16.7. The van der Waals surface area contributed by atoms with Crippen LogP contribution in [0.5, 0.6) is 0 Å². The van der Waals surface area contributed by atoms with Crippen LogP contribution >= 0.6 is 0 Å². The summed E-state index contributed by atoms with van der Waals surface area (Å²) >= 11 is 0. The van der Waals surface area contributed by atoms with Crippen molar-refractivity contribution in [3.8, 4) is 0 Å². The molecule has 14 heteroatoms. The van der Waals surface area contributed by atoms with Gasteiger partial charge in [0.25, 0.3) is 0 Å². The van der Waals surface area contributed by atoms with Gasteiger partial charge in [0.05, 0.1) is 37.3 Å². The standard InChI is InChI=1S/C42H66O14/c1-37(2)25-10-13-41(6)26(39(25,4)12-11-27(37)55-33-31(48)28(45)23(44)20-53-33)9-8-21-22-18-38(3,35(50)52-7)14-16-42(22,17-15-40(21,41)5)36(51)56-34-32(49)30(47)29(46)24(19-43)54-34/h8,22-34,43-49H,9-20H2,1-7H3/t22-,23-,24+,25-,26+,27-,28-,29+,30-,31+,32+,33-,34-,38+,39-,40+,41+,42-/m0/s1. The van der Waals surface area contributed by atoms with E-state index in [1.807, 2.05) is 6.92 Å². The van der Waals surface area contributed by atoms with Crippen LogP contribution in [0.2, 0.25) is 0 Å². The number of hydrogen-bond acceptors (Lipinski definition) is 14. The maximum absolute atomic E-state index is 14.7. The fraction of sp³-hybridized carbons (Fsp3) is 0.905. The van der Waals surface area contributed by atoms with E-state index in [0.717, 1.165) is 37.7 Å². The van der Waals surface area contributed by atoms with E-state index in [4.69, 9.17) is 23.7 Å². The summed E-state index contributed by atoms with van der Waals surface area (Å²) in [5, 5.41) is 72.5. The Morgan fingerprint density at radius 2 is 1.46 bits per heavy atom. The molecule has 0 bridgehead atoms. The molecule has 18 atom stereocenters. The zero-order valence-corrected chi connectivity index (χ0v) is 34.1. The second kappa shape index (κ2) is 14.5. The molecule has 318 valence electrons. The lowest BCUT2D eigenvalue weighted by atomic mass is 9.33. The Morgan fingerprint density at radius 1 is 0.786 bits per heavy atom. The van der Waals surface area contributed by atoms with Gasteiger partial charge in [-0.3, -0.25) is 9.59 Å². The van der Waals surface area contributed by atoms with E-state index in [-0.39, 0.29) is 52.2 Å². The summed E-state index contributed by atoms with van der Waals surface area (Å²) in [6, 6.07) is 0. The Labute approximate surface area is 329 Å². The first-order valence-corrected chi connectivity index (χ1v) is 20.8. The molecule has 0 amide bonds. The van der Waals surface area contributed by atoms with E-state index < -0.39 is 78.7 Å². The lowest BCUT2D eigenvalue weighted by molar-refractivity contribution is -0.308. The molecule has 7 N–H and O–H groups in total. The SMILES string of the molecule is COC(=O)[C@]1(C)CC[C@]2(C(=O)O[C@@H]3O[C@H](CO)[C@@H](O)[C@H](O)[C@H]3O)CC[C@]3(C)C(=CC[C@@H]4[C@@]5(C)CC[C@H](O[C@@H]6OC[C@H](O)[C@H](O)[C@H]6O)C(C)(C)[C@@H]5CC[C@]43C)[C@@H]2C1. The highest BCUT2D eigenvalue weighted by Crippen LogP contribution is 2.76. The van der Waals surface area contributed by atoms with Gasteiger partial charge in [0.2, 0.25) is 6.29 Å². The Hall–Kier alpha value is -1.72. The van der Waals surface area contributed by atoms with Crippen molar-refractivity contribution in [3.63, 3.8) is 0 Å². The van der Waals surface area contributed by atoms with Gasteiger partial charge in [-0.1, -0.05) is 46.3 Å². The second-order valence-electron chi connectivity index (χ2n) is 20.1. The van der Waals surface area contributed by atoms with E-state index in [1.165, 1.54) is 7.11 Å². The van der Waals surface area contributed by atoms with Crippen molar-refractivity contribution in [2.75, 3.05) is 20.3 Å². The van der Waals surface area contributed by atoms with E-state index in [2.05, 4.69) is 40.7 Å². The van der Waals surface area contributed by atoms with E-state index in [0.29, 0.717) is 38.0 Å². The van der Waals surface area contributed by atoms with Gasteiger partial charge in [0, 0.05) is 0 Å². The van der Waals surface area contributed by atoms with Crippen LogP contribution in [0, 0.1) is 50.2 Å². The second-order valence-corrected chi connectivity index (χ2v) is 20.1. The quantitative estimate of drug-likeness (QED) is 0.116. The van der Waals surface area contributed by atoms with Crippen LogP contribution in [-0.2, 0) is 33.3 Å². The first kappa shape index (κ1) is 42.4. The van der Waals surface area contributed by atoms with E-state index >= 15 is 0 Å². The Bertz CT molecular complexity index is 1550. The lowest BCUT2D eigenvalue weighted by Gasteiger charge is -2.71.